The van der Waals surface area contributed by atoms with E-state index in [1.165, 1.54) is 0 Å². The SMILES string of the molecule is CC(C)[C@@H]1CC[C@H](C)C[C@H]1OC(=O)/C(C(=O)c1ccccc1)=C(/O)c1ccccc1. The van der Waals surface area contributed by atoms with Gasteiger partial charge in [0.2, 0.25) is 5.78 Å². The first-order chi connectivity index (χ1) is 14.4. The zero-order chi connectivity index (χ0) is 21.7. The number of carbonyl (C=O) groups is 2. The van der Waals surface area contributed by atoms with E-state index in [1.54, 1.807) is 54.6 Å². The lowest BCUT2D eigenvalue weighted by Crippen LogP contribution is -2.37. The van der Waals surface area contributed by atoms with Crippen LogP contribution in [-0.4, -0.2) is 23.0 Å². The molecule has 1 aliphatic rings. The van der Waals surface area contributed by atoms with Crippen molar-refractivity contribution in [3.63, 3.8) is 0 Å². The predicted molar refractivity (Wildman–Crippen MR) is 118 cm³/mol. The number of aliphatic hydroxyl groups is 1. The molecule has 158 valence electrons. The number of aliphatic hydroxyl groups excluding tert-OH is 1. The second-order valence-electron chi connectivity index (χ2n) is 8.55. The van der Waals surface area contributed by atoms with Crippen LogP contribution in [0.3, 0.4) is 0 Å². The van der Waals surface area contributed by atoms with Gasteiger partial charge in [-0.2, -0.15) is 0 Å². The highest BCUT2D eigenvalue weighted by molar-refractivity contribution is 6.27. The molecule has 1 saturated carbocycles. The highest BCUT2D eigenvalue weighted by Crippen LogP contribution is 2.36. The number of ether oxygens (including phenoxy) is 1. The average molecular weight is 407 g/mol. The average Bonchev–Trinajstić information content (AvgIpc) is 2.74. The molecule has 30 heavy (non-hydrogen) atoms. The molecule has 3 rings (SSSR count). The van der Waals surface area contributed by atoms with Crippen molar-refractivity contribution in [2.45, 2.75) is 46.1 Å². The maximum atomic E-state index is 13.3. The van der Waals surface area contributed by atoms with E-state index >= 15 is 0 Å². The first-order valence-electron chi connectivity index (χ1n) is 10.7. The van der Waals surface area contributed by atoms with Gasteiger partial charge in [0.25, 0.3) is 0 Å². The van der Waals surface area contributed by atoms with Crippen LogP contribution >= 0.6 is 0 Å². The van der Waals surface area contributed by atoms with Crippen LogP contribution in [-0.2, 0) is 9.53 Å². The number of ketones is 1. The first-order valence-corrected chi connectivity index (χ1v) is 10.7. The molecule has 0 unspecified atom stereocenters. The zero-order valence-corrected chi connectivity index (χ0v) is 17.9. The summed E-state index contributed by atoms with van der Waals surface area (Å²) in [5.41, 5.74) is 0.434. The van der Waals surface area contributed by atoms with Gasteiger partial charge in [0, 0.05) is 11.1 Å². The number of Topliss-reactive ketones (excluding diaryl/α,β-unsaturated/α-hetero) is 1. The van der Waals surface area contributed by atoms with Gasteiger partial charge in [-0.15, -0.1) is 0 Å². The van der Waals surface area contributed by atoms with Crippen LogP contribution in [0, 0.1) is 17.8 Å². The van der Waals surface area contributed by atoms with Crippen LogP contribution in [0.2, 0.25) is 0 Å². The van der Waals surface area contributed by atoms with Gasteiger partial charge in [-0.25, -0.2) is 4.79 Å². The fraction of sp³-hybridized carbons (Fsp3) is 0.385. The maximum absolute atomic E-state index is 13.3. The molecule has 0 heterocycles. The summed E-state index contributed by atoms with van der Waals surface area (Å²) in [5, 5.41) is 10.9. The fourth-order valence-electron chi connectivity index (χ4n) is 4.22. The molecule has 1 N–H and O–H groups in total. The molecule has 0 aliphatic heterocycles. The zero-order valence-electron chi connectivity index (χ0n) is 17.9. The minimum absolute atomic E-state index is 0.247. The molecular formula is C26H30O4. The Hall–Kier alpha value is -2.88. The Bertz CT molecular complexity index is 899. The lowest BCUT2D eigenvalue weighted by atomic mass is 9.75. The normalized spacial score (nSPS) is 22.3. The van der Waals surface area contributed by atoms with Crippen LogP contribution < -0.4 is 0 Å². The monoisotopic (exact) mass is 406 g/mol. The molecule has 4 heteroatoms. The lowest BCUT2D eigenvalue weighted by molar-refractivity contribution is -0.150. The molecule has 3 atom stereocenters. The molecule has 0 spiro atoms. The van der Waals surface area contributed by atoms with E-state index in [1.807, 2.05) is 6.07 Å². The van der Waals surface area contributed by atoms with Crippen molar-refractivity contribution >= 4 is 17.5 Å². The van der Waals surface area contributed by atoms with E-state index in [0.29, 0.717) is 23.0 Å². The molecule has 0 bridgehead atoms. The Morgan fingerprint density at radius 3 is 2.07 bits per heavy atom. The van der Waals surface area contributed by atoms with E-state index in [4.69, 9.17) is 4.74 Å². The van der Waals surface area contributed by atoms with Crippen molar-refractivity contribution in [1.82, 2.24) is 0 Å². The van der Waals surface area contributed by atoms with E-state index < -0.39 is 11.8 Å². The number of hydrogen-bond acceptors (Lipinski definition) is 4. The standard InChI is InChI=1S/C26H30O4/c1-17(2)21-15-14-18(3)16-22(21)30-26(29)23(24(27)19-10-6-4-7-11-19)25(28)20-12-8-5-9-13-20/h4-13,17-18,21-22,27H,14-16H2,1-3H3/b24-23+/t18-,21-,22+/m0/s1. The van der Waals surface area contributed by atoms with E-state index in [0.717, 1.165) is 19.3 Å². The van der Waals surface area contributed by atoms with Gasteiger partial charge in [-0.3, -0.25) is 4.79 Å². The smallest absolute Gasteiger partial charge is 0.346 e. The molecule has 0 saturated heterocycles. The molecule has 0 aromatic heterocycles. The first kappa shape index (κ1) is 21.8. The van der Waals surface area contributed by atoms with Crippen molar-refractivity contribution in [3.05, 3.63) is 77.4 Å². The molecule has 1 aliphatic carbocycles. The second-order valence-corrected chi connectivity index (χ2v) is 8.55. The summed E-state index contributed by atoms with van der Waals surface area (Å²) in [7, 11) is 0. The van der Waals surface area contributed by atoms with Gasteiger partial charge in [-0.1, -0.05) is 87.9 Å². The largest absolute Gasteiger partial charge is 0.506 e. The summed E-state index contributed by atoms with van der Waals surface area (Å²) in [4.78, 5) is 26.5. The van der Waals surface area contributed by atoms with Crippen LogP contribution in [0.5, 0.6) is 0 Å². The van der Waals surface area contributed by atoms with E-state index in [9.17, 15) is 14.7 Å². The number of carbonyl (C=O) groups excluding carboxylic acids is 2. The topological polar surface area (TPSA) is 63.6 Å². The highest BCUT2D eigenvalue weighted by Gasteiger charge is 2.36. The Morgan fingerprint density at radius 1 is 0.933 bits per heavy atom. The molecular weight excluding hydrogens is 376 g/mol. The van der Waals surface area contributed by atoms with Gasteiger partial charge in [0.15, 0.2) is 0 Å². The van der Waals surface area contributed by atoms with Crippen LogP contribution in [0.1, 0.15) is 56.0 Å². The summed E-state index contributed by atoms with van der Waals surface area (Å²) in [6.07, 6.45) is 2.61. The van der Waals surface area contributed by atoms with Crippen LogP contribution in [0.4, 0.5) is 0 Å². The summed E-state index contributed by atoms with van der Waals surface area (Å²) in [5.74, 6) is -0.564. The van der Waals surface area contributed by atoms with Gasteiger partial charge >= 0.3 is 5.97 Å². The maximum Gasteiger partial charge on any atom is 0.346 e. The molecule has 0 amide bonds. The Morgan fingerprint density at radius 2 is 1.50 bits per heavy atom. The molecule has 0 radical (unpaired) electrons. The second kappa shape index (κ2) is 9.75. The summed E-state index contributed by atoms with van der Waals surface area (Å²) in [6, 6.07) is 17.2. The van der Waals surface area contributed by atoms with E-state index in [2.05, 4.69) is 20.8 Å². The minimum atomic E-state index is -0.755. The van der Waals surface area contributed by atoms with Gasteiger partial charge in [-0.05, 0) is 30.6 Å². The number of esters is 1. The Labute approximate surface area is 178 Å². The lowest BCUT2D eigenvalue weighted by Gasteiger charge is -2.36. The molecule has 4 nitrogen and oxygen atoms in total. The third-order valence-electron chi connectivity index (χ3n) is 5.97. The predicted octanol–water partition coefficient (Wildman–Crippen LogP) is 5.84. The van der Waals surface area contributed by atoms with Crippen molar-refractivity contribution in [3.8, 4) is 0 Å². The van der Waals surface area contributed by atoms with Gasteiger partial charge in [0.05, 0.1) is 0 Å². The summed E-state index contributed by atoms with van der Waals surface area (Å²) in [6.45, 7) is 6.42. The summed E-state index contributed by atoms with van der Waals surface area (Å²) < 4.78 is 5.91. The van der Waals surface area contributed by atoms with Crippen LogP contribution in [0.25, 0.3) is 5.76 Å². The van der Waals surface area contributed by atoms with Gasteiger partial charge < -0.3 is 9.84 Å². The van der Waals surface area contributed by atoms with Crippen LogP contribution in [0.15, 0.2) is 66.2 Å². The minimum Gasteiger partial charge on any atom is -0.506 e. The van der Waals surface area contributed by atoms with Crippen molar-refractivity contribution in [1.29, 1.82) is 0 Å². The van der Waals surface area contributed by atoms with Crippen molar-refractivity contribution in [2.75, 3.05) is 0 Å². The fourth-order valence-corrected chi connectivity index (χ4v) is 4.22. The third kappa shape index (κ3) is 4.99. The Balaban J connectivity index is 1.97. The van der Waals surface area contributed by atoms with Crippen molar-refractivity contribution in [2.24, 2.45) is 17.8 Å². The third-order valence-corrected chi connectivity index (χ3v) is 5.97. The molecule has 2 aromatic rings. The number of benzene rings is 2. The Kier molecular flexibility index (Phi) is 7.09. The van der Waals surface area contributed by atoms with E-state index in [-0.39, 0.29) is 23.4 Å². The molecule has 2 aromatic carbocycles. The molecule has 1 fully saturated rings. The van der Waals surface area contributed by atoms with Gasteiger partial charge in [0.1, 0.15) is 17.4 Å². The number of hydrogen-bond donors (Lipinski definition) is 1. The van der Waals surface area contributed by atoms with Crippen molar-refractivity contribution < 1.29 is 19.4 Å². The quantitative estimate of drug-likeness (QED) is 0.163. The highest BCUT2D eigenvalue weighted by atomic mass is 16.5. The number of rotatable bonds is 6. The summed E-state index contributed by atoms with van der Waals surface area (Å²) >= 11 is 0.